The van der Waals surface area contributed by atoms with E-state index in [4.69, 9.17) is 4.74 Å². The van der Waals surface area contributed by atoms with Gasteiger partial charge in [-0.25, -0.2) is 8.42 Å². The molecule has 0 saturated carbocycles. The Morgan fingerprint density at radius 2 is 2.00 bits per heavy atom. The van der Waals surface area contributed by atoms with Crippen LogP contribution in [0.1, 0.15) is 6.92 Å². The van der Waals surface area contributed by atoms with Gasteiger partial charge in [-0.1, -0.05) is 6.08 Å². The highest BCUT2D eigenvalue weighted by molar-refractivity contribution is 14.1. The number of esters is 1. The molecule has 1 aromatic rings. The van der Waals surface area contributed by atoms with Crippen molar-refractivity contribution in [3.63, 3.8) is 0 Å². The molecule has 0 atom stereocenters. The molecule has 0 aliphatic heterocycles. The van der Waals surface area contributed by atoms with Gasteiger partial charge in [-0.2, -0.15) is 4.31 Å². The van der Waals surface area contributed by atoms with Gasteiger partial charge in [0.05, 0.1) is 11.5 Å². The molecule has 0 fully saturated rings. The summed E-state index contributed by atoms with van der Waals surface area (Å²) in [6.07, 6.45) is 1.43. The minimum absolute atomic E-state index is 0.0487. The van der Waals surface area contributed by atoms with Crippen molar-refractivity contribution in [1.29, 1.82) is 0 Å². The Kier molecular flexibility index (Phi) is 6.63. The van der Waals surface area contributed by atoms with Gasteiger partial charge in [0.15, 0.2) is 0 Å². The lowest BCUT2D eigenvalue weighted by Crippen LogP contribution is -2.36. The SMILES string of the molecule is C=CCN(CC(=O)OCC)S(=O)(=O)c1ccc(I)cc1. The smallest absolute Gasteiger partial charge is 0.321 e. The van der Waals surface area contributed by atoms with Crippen LogP contribution in [0.5, 0.6) is 0 Å². The summed E-state index contributed by atoms with van der Waals surface area (Å²) in [5.41, 5.74) is 0. The van der Waals surface area contributed by atoms with Gasteiger partial charge in [-0.3, -0.25) is 4.79 Å². The van der Waals surface area contributed by atoms with Gasteiger partial charge in [0.25, 0.3) is 0 Å². The summed E-state index contributed by atoms with van der Waals surface area (Å²) in [7, 11) is -3.74. The van der Waals surface area contributed by atoms with Crippen molar-refractivity contribution < 1.29 is 17.9 Å². The number of sulfonamides is 1. The van der Waals surface area contributed by atoms with Gasteiger partial charge < -0.3 is 4.74 Å². The molecular formula is C13H16INO4S. The van der Waals surface area contributed by atoms with Crippen molar-refractivity contribution in [3.05, 3.63) is 40.5 Å². The summed E-state index contributed by atoms with van der Waals surface area (Å²) in [5, 5.41) is 0. The molecule has 110 valence electrons. The van der Waals surface area contributed by atoms with Gasteiger partial charge in [0.2, 0.25) is 10.0 Å². The van der Waals surface area contributed by atoms with Crippen LogP contribution in [0.15, 0.2) is 41.8 Å². The standard InChI is InChI=1S/C13H16INO4S/c1-3-9-15(10-13(16)19-4-2)20(17,18)12-7-5-11(14)6-8-12/h3,5-8H,1,4,9-10H2,2H3. The van der Waals surface area contributed by atoms with Crippen LogP contribution in [0, 0.1) is 3.57 Å². The first kappa shape index (κ1) is 17.1. The Balaban J connectivity index is 3.02. The number of hydrogen-bond acceptors (Lipinski definition) is 4. The number of nitrogens with zero attached hydrogens (tertiary/aromatic N) is 1. The fourth-order valence-corrected chi connectivity index (χ4v) is 3.21. The third-order valence-corrected chi connectivity index (χ3v) is 4.94. The second-order valence-corrected chi connectivity index (χ2v) is 7.03. The number of rotatable bonds is 7. The van der Waals surface area contributed by atoms with Gasteiger partial charge >= 0.3 is 5.97 Å². The average molecular weight is 409 g/mol. The van der Waals surface area contributed by atoms with E-state index in [1.54, 1.807) is 19.1 Å². The van der Waals surface area contributed by atoms with Crippen molar-refractivity contribution in [2.75, 3.05) is 19.7 Å². The van der Waals surface area contributed by atoms with Gasteiger partial charge in [-0.05, 0) is 53.8 Å². The van der Waals surface area contributed by atoms with Gasteiger partial charge in [0.1, 0.15) is 6.54 Å². The molecule has 0 N–H and O–H groups in total. The van der Waals surface area contributed by atoms with E-state index >= 15 is 0 Å². The molecule has 0 bridgehead atoms. The molecule has 0 aliphatic carbocycles. The van der Waals surface area contributed by atoms with Crippen LogP contribution in [0.25, 0.3) is 0 Å². The summed E-state index contributed by atoms with van der Waals surface area (Å²) in [6.45, 7) is 5.12. The highest BCUT2D eigenvalue weighted by atomic mass is 127. The number of carbonyl (C=O) groups is 1. The summed E-state index contributed by atoms with van der Waals surface area (Å²) < 4.78 is 31.6. The zero-order valence-corrected chi connectivity index (χ0v) is 14.1. The van der Waals surface area contributed by atoms with Crippen LogP contribution >= 0.6 is 22.6 Å². The largest absolute Gasteiger partial charge is 0.465 e. The molecule has 0 heterocycles. The minimum Gasteiger partial charge on any atom is -0.465 e. The Bertz CT molecular complexity index is 569. The molecule has 0 unspecified atom stereocenters. The summed E-state index contributed by atoms with van der Waals surface area (Å²) in [4.78, 5) is 11.6. The molecule has 5 nitrogen and oxygen atoms in total. The Morgan fingerprint density at radius 3 is 2.50 bits per heavy atom. The quantitative estimate of drug-likeness (QED) is 0.393. The highest BCUT2D eigenvalue weighted by Gasteiger charge is 2.26. The van der Waals surface area contributed by atoms with Gasteiger partial charge in [-0.15, -0.1) is 6.58 Å². The van der Waals surface area contributed by atoms with Crippen LogP contribution in [0.3, 0.4) is 0 Å². The molecule has 7 heteroatoms. The van der Waals surface area contributed by atoms with Crippen LogP contribution in [-0.4, -0.2) is 38.4 Å². The number of halogens is 1. The highest BCUT2D eigenvalue weighted by Crippen LogP contribution is 2.17. The lowest BCUT2D eigenvalue weighted by atomic mass is 10.4. The topological polar surface area (TPSA) is 63.7 Å². The van der Waals surface area contributed by atoms with E-state index < -0.39 is 16.0 Å². The number of benzene rings is 1. The van der Waals surface area contributed by atoms with E-state index in [1.165, 1.54) is 18.2 Å². The molecule has 0 amide bonds. The van der Waals surface area contributed by atoms with E-state index in [2.05, 4.69) is 29.2 Å². The predicted molar refractivity (Wildman–Crippen MR) is 84.7 cm³/mol. The molecule has 0 aromatic heterocycles. The molecule has 1 aromatic carbocycles. The van der Waals surface area contributed by atoms with Crippen LogP contribution in [0.2, 0.25) is 0 Å². The second kappa shape index (κ2) is 7.75. The predicted octanol–water partition coefficient (Wildman–Crippen LogP) is 2.03. The van der Waals surface area contributed by atoms with E-state index in [9.17, 15) is 13.2 Å². The third-order valence-electron chi connectivity index (χ3n) is 2.39. The maximum absolute atomic E-state index is 12.4. The molecule has 0 aliphatic rings. The van der Waals surface area contributed by atoms with E-state index in [0.29, 0.717) is 0 Å². The first-order chi connectivity index (χ1) is 9.41. The summed E-state index contributed by atoms with van der Waals surface area (Å²) in [5.74, 6) is -0.580. The zero-order valence-electron chi connectivity index (χ0n) is 11.1. The van der Waals surface area contributed by atoms with Gasteiger partial charge in [0, 0.05) is 10.1 Å². The maximum atomic E-state index is 12.4. The number of hydrogen-bond donors (Lipinski definition) is 0. The van der Waals surface area contributed by atoms with Crippen molar-refractivity contribution in [2.24, 2.45) is 0 Å². The van der Waals surface area contributed by atoms with Crippen molar-refractivity contribution >= 4 is 38.6 Å². The van der Waals surface area contributed by atoms with Crippen molar-refractivity contribution in [3.8, 4) is 0 Å². The average Bonchev–Trinajstić information content (AvgIpc) is 2.39. The molecular weight excluding hydrogens is 393 g/mol. The Labute approximate surface area is 132 Å². The summed E-state index contributed by atoms with van der Waals surface area (Å²) in [6, 6.07) is 6.42. The Morgan fingerprint density at radius 1 is 1.40 bits per heavy atom. The molecule has 1 rings (SSSR count). The number of carbonyl (C=O) groups excluding carboxylic acids is 1. The fourth-order valence-electron chi connectivity index (χ4n) is 1.50. The zero-order chi connectivity index (χ0) is 15.2. The van der Waals surface area contributed by atoms with Crippen LogP contribution in [0.4, 0.5) is 0 Å². The number of ether oxygens (including phenoxy) is 1. The molecule has 0 radical (unpaired) electrons. The summed E-state index contributed by atoms with van der Waals surface area (Å²) >= 11 is 2.09. The first-order valence-corrected chi connectivity index (χ1v) is 8.46. The molecule has 20 heavy (non-hydrogen) atoms. The minimum atomic E-state index is -3.74. The lowest BCUT2D eigenvalue weighted by molar-refractivity contribution is -0.143. The third kappa shape index (κ3) is 4.57. The van der Waals surface area contributed by atoms with E-state index in [0.717, 1.165) is 7.88 Å². The Hall–Kier alpha value is -0.930. The van der Waals surface area contributed by atoms with E-state index in [-0.39, 0.29) is 24.6 Å². The van der Waals surface area contributed by atoms with Crippen LogP contribution in [-0.2, 0) is 19.6 Å². The lowest BCUT2D eigenvalue weighted by Gasteiger charge is -2.19. The molecule has 0 saturated heterocycles. The maximum Gasteiger partial charge on any atom is 0.321 e. The van der Waals surface area contributed by atoms with E-state index in [1.807, 2.05) is 0 Å². The van der Waals surface area contributed by atoms with Crippen molar-refractivity contribution in [1.82, 2.24) is 4.31 Å². The second-order valence-electron chi connectivity index (χ2n) is 3.85. The fraction of sp³-hybridized carbons (Fsp3) is 0.308. The molecule has 0 spiro atoms. The monoisotopic (exact) mass is 409 g/mol. The van der Waals surface area contributed by atoms with Crippen molar-refractivity contribution in [2.45, 2.75) is 11.8 Å². The normalized spacial score (nSPS) is 11.3. The van der Waals surface area contributed by atoms with Crippen LogP contribution < -0.4 is 0 Å². The first-order valence-electron chi connectivity index (χ1n) is 5.94.